The van der Waals surface area contributed by atoms with Crippen molar-refractivity contribution in [2.45, 2.75) is 66.5 Å². The molecule has 0 saturated carbocycles. The van der Waals surface area contributed by atoms with Gasteiger partial charge in [0.05, 0.1) is 13.2 Å². The Morgan fingerprint density at radius 1 is 0.931 bits per heavy atom. The van der Waals surface area contributed by atoms with Gasteiger partial charge in [0, 0.05) is 5.02 Å². The Balaban J connectivity index is 2.15. The van der Waals surface area contributed by atoms with Gasteiger partial charge in [-0.05, 0) is 92.6 Å². The molecule has 2 aromatic carbocycles. The minimum atomic E-state index is -0.624. The van der Waals surface area contributed by atoms with Crippen molar-refractivity contribution in [3.8, 4) is 11.5 Å². The summed E-state index contributed by atoms with van der Waals surface area (Å²) in [5.41, 5.74) is 5.14. The number of rotatable bonds is 7. The highest BCUT2D eigenvalue weighted by Crippen LogP contribution is 2.32. The van der Waals surface area contributed by atoms with Crippen LogP contribution in [0.2, 0.25) is 5.02 Å². The number of aryl methyl sites for hydroxylation is 3. The first kappa shape index (κ1) is 23.1. The van der Waals surface area contributed by atoms with Crippen molar-refractivity contribution in [2.24, 2.45) is 0 Å². The third-order valence-electron chi connectivity index (χ3n) is 5.16. The molecule has 1 N–H and O–H groups in total. The van der Waals surface area contributed by atoms with E-state index in [2.05, 4.69) is 25.2 Å². The van der Waals surface area contributed by atoms with Crippen molar-refractivity contribution in [2.75, 3.05) is 7.11 Å². The van der Waals surface area contributed by atoms with E-state index in [1.807, 2.05) is 45.9 Å². The van der Waals surface area contributed by atoms with Crippen molar-refractivity contribution in [1.82, 2.24) is 5.32 Å². The van der Waals surface area contributed by atoms with Crippen LogP contribution in [0.5, 0.6) is 11.5 Å². The van der Waals surface area contributed by atoms with Gasteiger partial charge in [-0.1, -0.05) is 25.4 Å². The van der Waals surface area contributed by atoms with Crippen LogP contribution in [-0.4, -0.2) is 19.1 Å². The number of carbonyl (C=O) groups excluding carboxylic acids is 1. The molecule has 0 aromatic heterocycles. The summed E-state index contributed by atoms with van der Waals surface area (Å²) in [6.07, 6.45) is -0.624. The number of amides is 1. The fourth-order valence-corrected chi connectivity index (χ4v) is 3.56. The molecular formula is C24H32ClNO3. The van der Waals surface area contributed by atoms with Crippen molar-refractivity contribution in [1.29, 1.82) is 0 Å². The van der Waals surface area contributed by atoms with Gasteiger partial charge in [0.15, 0.2) is 6.10 Å². The first-order valence-electron chi connectivity index (χ1n) is 9.97. The zero-order valence-electron chi connectivity index (χ0n) is 18.6. The van der Waals surface area contributed by atoms with Crippen molar-refractivity contribution >= 4 is 17.5 Å². The summed E-state index contributed by atoms with van der Waals surface area (Å²) in [4.78, 5) is 12.7. The lowest BCUT2D eigenvalue weighted by Crippen LogP contribution is -2.38. The Kier molecular flexibility index (Phi) is 7.59. The van der Waals surface area contributed by atoms with Gasteiger partial charge in [-0.3, -0.25) is 4.79 Å². The minimum Gasteiger partial charge on any atom is -0.496 e. The van der Waals surface area contributed by atoms with Gasteiger partial charge >= 0.3 is 0 Å². The number of benzene rings is 2. The van der Waals surface area contributed by atoms with E-state index in [0.29, 0.717) is 11.7 Å². The van der Waals surface area contributed by atoms with E-state index >= 15 is 0 Å². The number of methoxy groups -OCH3 is 1. The van der Waals surface area contributed by atoms with Crippen molar-refractivity contribution in [3.05, 3.63) is 57.1 Å². The number of carbonyl (C=O) groups is 1. The van der Waals surface area contributed by atoms with E-state index in [1.165, 1.54) is 0 Å². The molecule has 0 aliphatic rings. The highest BCUT2D eigenvalue weighted by Gasteiger charge is 2.21. The van der Waals surface area contributed by atoms with Crippen LogP contribution in [0.1, 0.15) is 67.5 Å². The quantitative estimate of drug-likeness (QED) is 0.597. The summed E-state index contributed by atoms with van der Waals surface area (Å²) in [5, 5.41) is 3.79. The van der Waals surface area contributed by atoms with Crippen LogP contribution in [0.15, 0.2) is 24.3 Å². The summed E-state index contributed by atoms with van der Waals surface area (Å²) in [6.45, 7) is 13.9. The summed E-state index contributed by atoms with van der Waals surface area (Å²) < 4.78 is 11.4. The fourth-order valence-electron chi connectivity index (χ4n) is 3.45. The monoisotopic (exact) mass is 417 g/mol. The molecule has 0 bridgehead atoms. The molecule has 158 valence electrons. The lowest BCUT2D eigenvalue weighted by Gasteiger charge is -2.23. The van der Waals surface area contributed by atoms with Crippen LogP contribution in [0.3, 0.4) is 0 Å². The molecule has 0 fully saturated rings. The van der Waals surface area contributed by atoms with E-state index in [4.69, 9.17) is 21.1 Å². The zero-order valence-corrected chi connectivity index (χ0v) is 19.4. The Morgan fingerprint density at radius 2 is 1.52 bits per heavy atom. The molecular weight excluding hydrogens is 386 g/mol. The topological polar surface area (TPSA) is 47.6 Å². The van der Waals surface area contributed by atoms with Gasteiger partial charge in [-0.15, -0.1) is 0 Å². The fraction of sp³-hybridized carbons (Fsp3) is 0.458. The molecule has 2 rings (SSSR count). The number of ether oxygens (including phenoxy) is 2. The first-order chi connectivity index (χ1) is 13.5. The van der Waals surface area contributed by atoms with Crippen LogP contribution in [-0.2, 0) is 4.79 Å². The maximum absolute atomic E-state index is 12.7. The van der Waals surface area contributed by atoms with Gasteiger partial charge in [0.1, 0.15) is 11.5 Å². The van der Waals surface area contributed by atoms with Crippen LogP contribution in [0.4, 0.5) is 0 Å². The van der Waals surface area contributed by atoms with E-state index in [1.54, 1.807) is 14.0 Å². The van der Waals surface area contributed by atoms with Crippen LogP contribution in [0, 0.1) is 20.8 Å². The maximum atomic E-state index is 12.7. The molecule has 2 atom stereocenters. The standard InChI is InChI=1S/C24H32ClNO3/c1-13(2)20-12-21(14(3)11-22(20)28-8)17(6)26-24(27)18(7)29-19-9-15(4)23(25)16(5)10-19/h9-13,17-18H,1-8H3,(H,26,27)/t17-,18-/m0/s1. The predicted molar refractivity (Wildman–Crippen MR) is 119 cm³/mol. The molecule has 0 radical (unpaired) electrons. The normalized spacial score (nSPS) is 13.2. The summed E-state index contributed by atoms with van der Waals surface area (Å²) >= 11 is 6.21. The second kappa shape index (κ2) is 9.53. The van der Waals surface area contributed by atoms with Gasteiger partial charge in [-0.2, -0.15) is 0 Å². The second-order valence-electron chi connectivity index (χ2n) is 7.97. The van der Waals surface area contributed by atoms with Crippen LogP contribution < -0.4 is 14.8 Å². The van der Waals surface area contributed by atoms with Crippen molar-refractivity contribution in [3.63, 3.8) is 0 Å². The Morgan fingerprint density at radius 3 is 2.03 bits per heavy atom. The first-order valence-corrected chi connectivity index (χ1v) is 10.3. The second-order valence-corrected chi connectivity index (χ2v) is 8.34. The maximum Gasteiger partial charge on any atom is 0.261 e. The van der Waals surface area contributed by atoms with Gasteiger partial charge in [-0.25, -0.2) is 0 Å². The predicted octanol–water partition coefficient (Wildman–Crippen LogP) is 6.04. The third kappa shape index (κ3) is 5.45. The number of hydrogen-bond acceptors (Lipinski definition) is 3. The largest absolute Gasteiger partial charge is 0.496 e. The minimum absolute atomic E-state index is 0.148. The molecule has 5 heteroatoms. The van der Waals surface area contributed by atoms with E-state index in [9.17, 15) is 4.79 Å². The molecule has 0 aliphatic heterocycles. The summed E-state index contributed by atoms with van der Waals surface area (Å²) in [5.74, 6) is 1.68. The highest BCUT2D eigenvalue weighted by atomic mass is 35.5. The van der Waals surface area contributed by atoms with Crippen LogP contribution >= 0.6 is 11.6 Å². The molecule has 2 aromatic rings. The molecule has 4 nitrogen and oxygen atoms in total. The van der Waals surface area contributed by atoms with E-state index < -0.39 is 6.10 Å². The number of hydrogen-bond donors (Lipinski definition) is 1. The van der Waals surface area contributed by atoms with E-state index in [-0.39, 0.29) is 11.9 Å². The highest BCUT2D eigenvalue weighted by molar-refractivity contribution is 6.32. The van der Waals surface area contributed by atoms with Gasteiger partial charge in [0.2, 0.25) is 0 Å². The zero-order chi connectivity index (χ0) is 21.9. The average Bonchev–Trinajstić information content (AvgIpc) is 2.65. The lowest BCUT2D eigenvalue weighted by atomic mass is 9.93. The van der Waals surface area contributed by atoms with Crippen molar-refractivity contribution < 1.29 is 14.3 Å². The smallest absolute Gasteiger partial charge is 0.261 e. The summed E-state index contributed by atoms with van der Waals surface area (Å²) in [7, 11) is 1.69. The molecule has 0 heterocycles. The summed E-state index contributed by atoms with van der Waals surface area (Å²) in [6, 6.07) is 7.72. The number of nitrogens with one attached hydrogen (secondary N) is 1. The molecule has 29 heavy (non-hydrogen) atoms. The van der Waals surface area contributed by atoms with Gasteiger partial charge in [0.25, 0.3) is 5.91 Å². The molecule has 0 aliphatic carbocycles. The lowest BCUT2D eigenvalue weighted by molar-refractivity contribution is -0.127. The number of halogens is 1. The Labute approximate surface area is 179 Å². The Hall–Kier alpha value is -2.20. The van der Waals surface area contributed by atoms with Crippen LogP contribution in [0.25, 0.3) is 0 Å². The average molecular weight is 418 g/mol. The molecule has 0 spiro atoms. The molecule has 0 saturated heterocycles. The SMILES string of the molecule is COc1cc(C)c([C@H](C)NC(=O)[C@H](C)Oc2cc(C)c(Cl)c(C)c2)cc1C(C)C. The van der Waals surface area contributed by atoms with E-state index in [0.717, 1.165) is 38.6 Å². The third-order valence-corrected chi connectivity index (χ3v) is 5.75. The Bertz CT molecular complexity index is 869. The van der Waals surface area contributed by atoms with Gasteiger partial charge < -0.3 is 14.8 Å². The molecule has 0 unspecified atom stereocenters. The molecule has 1 amide bonds.